The Morgan fingerprint density at radius 2 is 1.74 bits per heavy atom. The number of esters is 1. The minimum atomic E-state index is -0.423. The zero-order valence-corrected chi connectivity index (χ0v) is 16.7. The van der Waals surface area contributed by atoms with Crippen LogP contribution in [0.3, 0.4) is 0 Å². The molecule has 4 heteroatoms. The number of benzene rings is 2. The van der Waals surface area contributed by atoms with Crippen LogP contribution in [-0.4, -0.2) is 27.3 Å². The summed E-state index contributed by atoms with van der Waals surface area (Å²) < 4.78 is 16.3. The summed E-state index contributed by atoms with van der Waals surface area (Å²) in [6.07, 6.45) is 5.57. The highest BCUT2D eigenvalue weighted by Crippen LogP contribution is 2.38. The van der Waals surface area contributed by atoms with Crippen molar-refractivity contribution < 1.29 is 19.0 Å². The molecule has 2 aromatic rings. The zero-order valence-electron chi connectivity index (χ0n) is 16.7. The van der Waals surface area contributed by atoms with Gasteiger partial charge in [-0.25, -0.2) is 4.79 Å². The maximum Gasteiger partial charge on any atom is 0.342 e. The molecule has 144 valence electrons. The summed E-state index contributed by atoms with van der Waals surface area (Å²) in [7, 11) is 4.59. The second-order valence-electron chi connectivity index (χ2n) is 6.72. The van der Waals surface area contributed by atoms with E-state index in [-0.39, 0.29) is 0 Å². The SMILES string of the molecule is COC(=O)c1c(C=Cc2ccccc2)cc(OC)c(CCC(C)C)c1OC. The van der Waals surface area contributed by atoms with E-state index in [0.29, 0.717) is 28.5 Å². The molecule has 2 aromatic carbocycles. The standard InChI is InChI=1S/C23H28O4/c1-16(2)11-14-19-20(25-3)15-18(13-12-17-9-7-6-8-10-17)21(22(19)26-4)23(24)27-5/h6-10,12-13,15-16H,11,14H2,1-5H3. The Morgan fingerprint density at radius 1 is 1.04 bits per heavy atom. The van der Waals surface area contributed by atoms with Gasteiger partial charge in [0.1, 0.15) is 17.1 Å². The van der Waals surface area contributed by atoms with Crippen LogP contribution < -0.4 is 9.47 Å². The highest BCUT2D eigenvalue weighted by Gasteiger charge is 2.24. The number of carbonyl (C=O) groups is 1. The predicted octanol–water partition coefficient (Wildman–Crippen LogP) is 5.25. The van der Waals surface area contributed by atoms with Crippen LogP contribution >= 0.6 is 0 Å². The van der Waals surface area contributed by atoms with Gasteiger partial charge in [-0.15, -0.1) is 0 Å². The van der Waals surface area contributed by atoms with Gasteiger partial charge in [0.2, 0.25) is 0 Å². The third kappa shape index (κ3) is 5.13. The van der Waals surface area contributed by atoms with Gasteiger partial charge in [-0.3, -0.25) is 0 Å². The summed E-state index contributed by atoms with van der Waals surface area (Å²) in [5.41, 5.74) is 3.06. The number of methoxy groups -OCH3 is 3. The third-order valence-electron chi connectivity index (χ3n) is 4.41. The molecule has 0 amide bonds. The van der Waals surface area contributed by atoms with Crippen LogP contribution in [0.15, 0.2) is 36.4 Å². The number of ether oxygens (including phenoxy) is 3. The maximum atomic E-state index is 12.5. The molecule has 2 rings (SSSR count). The topological polar surface area (TPSA) is 44.8 Å². The maximum absolute atomic E-state index is 12.5. The van der Waals surface area contributed by atoms with Crippen LogP contribution in [0, 0.1) is 5.92 Å². The van der Waals surface area contributed by atoms with Gasteiger partial charge in [0.25, 0.3) is 0 Å². The third-order valence-corrected chi connectivity index (χ3v) is 4.41. The summed E-state index contributed by atoms with van der Waals surface area (Å²) in [6.45, 7) is 4.33. The fraction of sp³-hybridized carbons (Fsp3) is 0.348. The number of carbonyl (C=O) groups excluding carboxylic acids is 1. The Morgan fingerprint density at radius 3 is 2.30 bits per heavy atom. The number of hydrogen-bond acceptors (Lipinski definition) is 4. The van der Waals surface area contributed by atoms with Gasteiger partial charge in [-0.1, -0.05) is 56.3 Å². The molecule has 0 fully saturated rings. The van der Waals surface area contributed by atoms with E-state index in [4.69, 9.17) is 14.2 Å². The molecule has 0 aliphatic heterocycles. The van der Waals surface area contributed by atoms with E-state index in [1.54, 1.807) is 14.2 Å². The van der Waals surface area contributed by atoms with Gasteiger partial charge in [0, 0.05) is 5.56 Å². The molecule has 0 aromatic heterocycles. The van der Waals surface area contributed by atoms with Crippen molar-refractivity contribution in [2.75, 3.05) is 21.3 Å². The first-order valence-electron chi connectivity index (χ1n) is 9.11. The van der Waals surface area contributed by atoms with Gasteiger partial charge >= 0.3 is 5.97 Å². The monoisotopic (exact) mass is 368 g/mol. The first-order chi connectivity index (χ1) is 13.0. The molecule has 0 aliphatic rings. The Kier molecular flexibility index (Phi) is 7.47. The molecule has 0 saturated heterocycles. The molecular formula is C23H28O4. The van der Waals surface area contributed by atoms with E-state index in [9.17, 15) is 4.79 Å². The van der Waals surface area contributed by atoms with Crippen molar-refractivity contribution in [1.29, 1.82) is 0 Å². The predicted molar refractivity (Wildman–Crippen MR) is 109 cm³/mol. The van der Waals surface area contributed by atoms with Gasteiger partial charge in [-0.2, -0.15) is 0 Å². The summed E-state index contributed by atoms with van der Waals surface area (Å²) in [5, 5.41) is 0. The van der Waals surface area contributed by atoms with Gasteiger partial charge < -0.3 is 14.2 Å². The minimum absolute atomic E-state index is 0.423. The van der Waals surface area contributed by atoms with E-state index < -0.39 is 5.97 Å². The average molecular weight is 368 g/mol. The van der Waals surface area contributed by atoms with Crippen molar-refractivity contribution in [2.24, 2.45) is 5.92 Å². The molecule has 0 saturated carbocycles. The lowest BCUT2D eigenvalue weighted by Gasteiger charge is -2.19. The summed E-state index contributed by atoms with van der Waals surface area (Å²) in [5.74, 6) is 1.34. The van der Waals surface area contributed by atoms with Crippen molar-refractivity contribution in [2.45, 2.75) is 26.7 Å². The minimum Gasteiger partial charge on any atom is -0.496 e. The van der Waals surface area contributed by atoms with Crippen LogP contribution in [0.5, 0.6) is 11.5 Å². The molecule has 0 N–H and O–H groups in total. The lowest BCUT2D eigenvalue weighted by Crippen LogP contribution is -2.10. The molecule has 0 radical (unpaired) electrons. The van der Waals surface area contributed by atoms with Crippen molar-refractivity contribution in [1.82, 2.24) is 0 Å². The number of hydrogen-bond donors (Lipinski definition) is 0. The highest BCUT2D eigenvalue weighted by atomic mass is 16.5. The summed E-state index contributed by atoms with van der Waals surface area (Å²) in [4.78, 5) is 12.5. The average Bonchev–Trinajstić information content (AvgIpc) is 2.69. The van der Waals surface area contributed by atoms with E-state index in [1.165, 1.54) is 7.11 Å². The molecule has 0 atom stereocenters. The Bertz CT molecular complexity index is 792. The van der Waals surface area contributed by atoms with Crippen molar-refractivity contribution in [3.63, 3.8) is 0 Å². The number of rotatable bonds is 8. The first-order valence-corrected chi connectivity index (χ1v) is 9.11. The summed E-state index contributed by atoms with van der Waals surface area (Å²) in [6, 6.07) is 11.8. The lowest BCUT2D eigenvalue weighted by atomic mass is 9.95. The van der Waals surface area contributed by atoms with Crippen LogP contribution in [0.1, 0.15) is 47.3 Å². The van der Waals surface area contributed by atoms with Gasteiger partial charge in [0.15, 0.2) is 0 Å². The fourth-order valence-corrected chi connectivity index (χ4v) is 2.97. The molecule has 0 spiro atoms. The summed E-state index contributed by atoms with van der Waals surface area (Å²) >= 11 is 0. The van der Waals surface area contributed by atoms with Crippen LogP contribution in [0.2, 0.25) is 0 Å². The van der Waals surface area contributed by atoms with Gasteiger partial charge in [0.05, 0.1) is 21.3 Å². The normalized spacial score (nSPS) is 11.0. The van der Waals surface area contributed by atoms with Crippen LogP contribution in [0.25, 0.3) is 12.2 Å². The molecule has 4 nitrogen and oxygen atoms in total. The Labute approximate surface area is 161 Å². The van der Waals surface area contributed by atoms with Crippen LogP contribution in [-0.2, 0) is 11.2 Å². The van der Waals surface area contributed by atoms with E-state index in [0.717, 1.165) is 24.0 Å². The van der Waals surface area contributed by atoms with E-state index in [2.05, 4.69) is 13.8 Å². The molecule has 0 bridgehead atoms. The lowest BCUT2D eigenvalue weighted by molar-refractivity contribution is 0.0596. The molecule has 0 unspecified atom stereocenters. The molecule has 27 heavy (non-hydrogen) atoms. The quantitative estimate of drug-likeness (QED) is 0.471. The van der Waals surface area contributed by atoms with E-state index >= 15 is 0 Å². The smallest absolute Gasteiger partial charge is 0.342 e. The fourth-order valence-electron chi connectivity index (χ4n) is 2.97. The first kappa shape index (κ1) is 20.6. The highest BCUT2D eigenvalue weighted by molar-refractivity contribution is 5.98. The largest absolute Gasteiger partial charge is 0.496 e. The molecule has 0 aliphatic carbocycles. The molecular weight excluding hydrogens is 340 g/mol. The molecule has 0 heterocycles. The van der Waals surface area contributed by atoms with E-state index in [1.807, 2.05) is 48.6 Å². The van der Waals surface area contributed by atoms with Crippen molar-refractivity contribution in [3.8, 4) is 11.5 Å². The second kappa shape index (κ2) is 9.81. The zero-order chi connectivity index (χ0) is 19.8. The Balaban J connectivity index is 2.60. The Hall–Kier alpha value is -2.75. The second-order valence-corrected chi connectivity index (χ2v) is 6.72. The van der Waals surface area contributed by atoms with Crippen molar-refractivity contribution in [3.05, 3.63) is 58.7 Å². The van der Waals surface area contributed by atoms with Gasteiger partial charge in [-0.05, 0) is 36.0 Å². The van der Waals surface area contributed by atoms with Crippen molar-refractivity contribution >= 4 is 18.1 Å². The van der Waals surface area contributed by atoms with Crippen LogP contribution in [0.4, 0.5) is 0 Å².